The first-order chi connectivity index (χ1) is 12.4. The molecule has 0 N–H and O–H groups in total. The zero-order chi connectivity index (χ0) is 19.7. The molecular formula is C19H39N2O4P. The lowest BCUT2D eigenvalue weighted by atomic mass is 10.1. The molecule has 1 aromatic rings. The van der Waals surface area contributed by atoms with E-state index in [0.717, 1.165) is 0 Å². The Bertz CT molecular complexity index is 468. The van der Waals surface area contributed by atoms with Crippen molar-refractivity contribution in [1.82, 2.24) is 4.57 Å². The molecular weight excluding hydrogens is 351 g/mol. The summed E-state index contributed by atoms with van der Waals surface area (Å²) in [6.07, 6.45) is 17.5. The van der Waals surface area contributed by atoms with Gasteiger partial charge in [-0.25, -0.2) is 9.13 Å². The standard InChI is InChI=1S/C13H25N2.C6H15O4P/c1-3-4-5-6-7-8-9-10-15-12-11-14(2)13-15;1-3-5-9-11(7,8)10-6-4-2/h11-13H,3-10H2,1-2H3;3-6H2,1-2H3,(H,7,8)/q+1;/p-1. The number of aromatic nitrogens is 2. The number of hydrogen-bond acceptors (Lipinski definition) is 4. The second-order valence-corrected chi connectivity index (χ2v) is 7.96. The molecule has 0 aliphatic rings. The topological polar surface area (TPSA) is 67.4 Å². The molecule has 0 spiro atoms. The van der Waals surface area contributed by atoms with E-state index in [1.54, 1.807) is 0 Å². The maximum Gasteiger partial charge on any atom is 0.267 e. The van der Waals surface area contributed by atoms with Crippen molar-refractivity contribution < 1.29 is 23.1 Å². The van der Waals surface area contributed by atoms with E-state index < -0.39 is 7.82 Å². The van der Waals surface area contributed by atoms with Crippen molar-refractivity contribution in [3.63, 3.8) is 0 Å². The van der Waals surface area contributed by atoms with Gasteiger partial charge in [-0.15, -0.1) is 0 Å². The summed E-state index contributed by atoms with van der Waals surface area (Å²) in [6.45, 7) is 7.51. The molecule has 0 radical (unpaired) electrons. The first-order valence-corrected chi connectivity index (χ1v) is 11.5. The third-order valence-electron chi connectivity index (χ3n) is 3.75. The Kier molecular flexibility index (Phi) is 16.1. The smallest absolute Gasteiger partial charge is 0.267 e. The molecule has 0 aromatic carbocycles. The summed E-state index contributed by atoms with van der Waals surface area (Å²) in [7, 11) is -1.90. The number of imidazole rings is 1. The molecule has 0 saturated carbocycles. The van der Waals surface area contributed by atoms with Crippen LogP contribution in [0, 0.1) is 0 Å². The van der Waals surface area contributed by atoms with Gasteiger partial charge in [0.05, 0.1) is 26.8 Å². The molecule has 0 unspecified atom stereocenters. The van der Waals surface area contributed by atoms with Gasteiger partial charge in [0, 0.05) is 0 Å². The van der Waals surface area contributed by atoms with Crippen LogP contribution in [0.1, 0.15) is 78.6 Å². The number of phosphoric ester groups is 1. The number of hydrogen-bond donors (Lipinski definition) is 0. The molecule has 0 amide bonds. The molecule has 1 aromatic heterocycles. The largest absolute Gasteiger partial charge is 0.756 e. The molecule has 0 atom stereocenters. The summed E-state index contributed by atoms with van der Waals surface area (Å²) in [5, 5.41) is 0. The summed E-state index contributed by atoms with van der Waals surface area (Å²) in [5.41, 5.74) is 0. The van der Waals surface area contributed by atoms with Crippen LogP contribution in [-0.4, -0.2) is 17.8 Å². The second-order valence-electron chi connectivity index (χ2n) is 6.55. The van der Waals surface area contributed by atoms with E-state index in [1.807, 2.05) is 13.8 Å². The van der Waals surface area contributed by atoms with Gasteiger partial charge in [0.1, 0.15) is 12.4 Å². The predicted octanol–water partition coefficient (Wildman–Crippen LogP) is 4.37. The molecule has 1 rings (SSSR count). The number of rotatable bonds is 14. The van der Waals surface area contributed by atoms with Gasteiger partial charge in [-0.1, -0.05) is 52.9 Å². The quantitative estimate of drug-likeness (QED) is 0.269. The average Bonchev–Trinajstić information content (AvgIpc) is 3.03. The van der Waals surface area contributed by atoms with Gasteiger partial charge in [-0.05, 0) is 25.7 Å². The van der Waals surface area contributed by atoms with Gasteiger partial charge in [-0.2, -0.15) is 0 Å². The van der Waals surface area contributed by atoms with Gasteiger partial charge in [-0.3, -0.25) is 4.57 Å². The van der Waals surface area contributed by atoms with Gasteiger partial charge < -0.3 is 13.9 Å². The fourth-order valence-electron chi connectivity index (χ4n) is 2.33. The van der Waals surface area contributed by atoms with Crippen molar-refractivity contribution in [1.29, 1.82) is 0 Å². The SMILES string of the molecule is CCCCCCCCCn1cc[n+](C)c1.CCCOP(=O)([O-])OCCC. The van der Waals surface area contributed by atoms with Crippen LogP contribution in [0.3, 0.4) is 0 Å². The maximum atomic E-state index is 10.7. The van der Waals surface area contributed by atoms with E-state index in [9.17, 15) is 9.46 Å². The minimum Gasteiger partial charge on any atom is -0.756 e. The van der Waals surface area contributed by atoms with Crippen molar-refractivity contribution in [2.24, 2.45) is 7.05 Å². The van der Waals surface area contributed by atoms with E-state index in [2.05, 4.69) is 50.9 Å². The van der Waals surface area contributed by atoms with Gasteiger partial charge in [0.15, 0.2) is 0 Å². The molecule has 0 aliphatic carbocycles. The van der Waals surface area contributed by atoms with Gasteiger partial charge >= 0.3 is 0 Å². The summed E-state index contributed by atoms with van der Waals surface area (Å²) >= 11 is 0. The second kappa shape index (κ2) is 16.5. The van der Waals surface area contributed by atoms with Crippen molar-refractivity contribution in [3.05, 3.63) is 18.7 Å². The Morgan fingerprint density at radius 1 is 0.923 bits per heavy atom. The number of nitrogens with zero attached hydrogens (tertiary/aromatic N) is 2. The van der Waals surface area contributed by atoms with Crippen LogP contribution in [-0.2, 0) is 27.2 Å². The van der Waals surface area contributed by atoms with Crippen molar-refractivity contribution in [3.8, 4) is 0 Å². The molecule has 1 heterocycles. The van der Waals surface area contributed by atoms with Gasteiger partial charge in [0.2, 0.25) is 6.33 Å². The van der Waals surface area contributed by atoms with Crippen molar-refractivity contribution in [2.75, 3.05) is 13.2 Å². The van der Waals surface area contributed by atoms with E-state index in [4.69, 9.17) is 0 Å². The van der Waals surface area contributed by atoms with Crippen LogP contribution in [0.5, 0.6) is 0 Å². The van der Waals surface area contributed by atoms with Crippen molar-refractivity contribution >= 4 is 7.82 Å². The Hall–Kier alpha value is -0.680. The van der Waals surface area contributed by atoms with E-state index >= 15 is 0 Å². The Balaban J connectivity index is 0.000000508. The van der Waals surface area contributed by atoms with Crippen LogP contribution in [0.4, 0.5) is 0 Å². The molecule has 0 fully saturated rings. The van der Waals surface area contributed by atoms with Crippen LogP contribution >= 0.6 is 7.82 Å². The third-order valence-corrected chi connectivity index (χ3v) is 4.75. The molecule has 6 nitrogen and oxygen atoms in total. The first kappa shape index (κ1) is 25.3. The number of phosphoric acid groups is 1. The molecule has 0 aliphatic heterocycles. The molecule has 7 heteroatoms. The molecule has 154 valence electrons. The minimum atomic E-state index is -3.98. The summed E-state index contributed by atoms with van der Waals surface area (Å²) < 4.78 is 24.0. The minimum absolute atomic E-state index is 0.199. The fraction of sp³-hybridized carbons (Fsp3) is 0.842. The zero-order valence-electron chi connectivity index (χ0n) is 17.2. The predicted molar refractivity (Wildman–Crippen MR) is 104 cm³/mol. The Morgan fingerprint density at radius 2 is 1.46 bits per heavy atom. The maximum absolute atomic E-state index is 10.7. The highest BCUT2D eigenvalue weighted by atomic mass is 31.2. The summed E-state index contributed by atoms with van der Waals surface area (Å²) in [5.74, 6) is 0. The fourth-order valence-corrected chi connectivity index (χ4v) is 3.22. The lowest BCUT2D eigenvalue weighted by Gasteiger charge is -2.21. The Morgan fingerprint density at radius 3 is 1.92 bits per heavy atom. The van der Waals surface area contributed by atoms with Crippen LogP contribution in [0.25, 0.3) is 0 Å². The molecule has 26 heavy (non-hydrogen) atoms. The van der Waals surface area contributed by atoms with E-state index in [1.165, 1.54) is 51.5 Å². The summed E-state index contributed by atoms with van der Waals surface area (Å²) in [6, 6.07) is 0. The van der Waals surface area contributed by atoms with Crippen LogP contribution in [0.15, 0.2) is 18.7 Å². The van der Waals surface area contributed by atoms with Crippen LogP contribution < -0.4 is 9.46 Å². The highest BCUT2D eigenvalue weighted by Crippen LogP contribution is 2.38. The highest BCUT2D eigenvalue weighted by Gasteiger charge is 2.06. The monoisotopic (exact) mass is 390 g/mol. The van der Waals surface area contributed by atoms with Crippen molar-refractivity contribution in [2.45, 2.75) is 85.1 Å². The first-order valence-electron chi connectivity index (χ1n) is 10.1. The average molecular weight is 391 g/mol. The zero-order valence-corrected chi connectivity index (χ0v) is 18.1. The summed E-state index contributed by atoms with van der Waals surface area (Å²) in [4.78, 5) is 10.7. The number of unbranched alkanes of at least 4 members (excludes halogenated alkanes) is 6. The van der Waals surface area contributed by atoms with E-state index in [-0.39, 0.29) is 13.2 Å². The molecule has 0 saturated heterocycles. The number of aryl methyl sites for hydroxylation is 2. The van der Waals surface area contributed by atoms with Gasteiger partial charge in [0.25, 0.3) is 7.82 Å². The lowest BCUT2D eigenvalue weighted by Crippen LogP contribution is -2.23. The molecule has 0 bridgehead atoms. The normalized spacial score (nSPS) is 11.3. The highest BCUT2D eigenvalue weighted by molar-refractivity contribution is 7.45. The van der Waals surface area contributed by atoms with E-state index in [0.29, 0.717) is 12.8 Å². The Labute approximate surface area is 160 Å². The van der Waals surface area contributed by atoms with Crippen LogP contribution in [0.2, 0.25) is 0 Å². The third kappa shape index (κ3) is 15.6. The lowest BCUT2D eigenvalue weighted by molar-refractivity contribution is -0.671.